The summed E-state index contributed by atoms with van der Waals surface area (Å²) in [4.78, 5) is 61.0. The first-order chi connectivity index (χ1) is 36.7. The van der Waals surface area contributed by atoms with E-state index in [0.717, 1.165) is 76.0 Å². The summed E-state index contributed by atoms with van der Waals surface area (Å²) < 4.78 is 57.4. The molecule has 1 saturated heterocycles. The molecule has 1 N–H and O–H groups in total. The van der Waals surface area contributed by atoms with E-state index in [0.29, 0.717) is 55.3 Å². The number of hydrogen-bond donors (Lipinski definition) is 1. The van der Waals surface area contributed by atoms with Gasteiger partial charge in [-0.3, -0.25) is 23.4 Å². The molecule has 0 aromatic heterocycles. The predicted octanol–water partition coefficient (Wildman–Crippen LogP) is 13.0. The van der Waals surface area contributed by atoms with Crippen LogP contribution >= 0.6 is 0 Å². The lowest BCUT2D eigenvalue weighted by Crippen LogP contribution is -2.63. The lowest BCUT2D eigenvalue weighted by Gasteiger charge is -2.62. The quantitative estimate of drug-likeness (QED) is 0.0871. The van der Waals surface area contributed by atoms with Crippen LogP contribution < -0.4 is 0 Å². The van der Waals surface area contributed by atoms with Gasteiger partial charge >= 0.3 is 29.8 Å². The summed E-state index contributed by atoms with van der Waals surface area (Å²) in [5, 5.41) is 10.2. The fraction of sp³-hybridized carbons (Fsp3) is 0.922. The Morgan fingerprint density at radius 3 is 1.53 bits per heavy atom. The highest BCUT2D eigenvalue weighted by Gasteiger charge is 2.66. The van der Waals surface area contributed by atoms with Crippen molar-refractivity contribution in [1.82, 2.24) is 0 Å². The second-order valence-electron chi connectivity index (χ2n) is 29.9. The molecule has 0 aromatic rings. The summed E-state index contributed by atoms with van der Waals surface area (Å²) in [6, 6.07) is 0. The van der Waals surface area contributed by atoms with Crippen LogP contribution in [0.2, 0.25) is 0 Å². The SMILES string of the molecule is CCC(C)(C)C(=O)OC1(C(C)C)C2CC3CC(C2)CC1C3.CCC(C)(C)C(=O)OC12CC3CC(CC(O)(C3)C1)C2.CCC(C)(C)C(=O)OCC(=O)OC1C2CC3C1OS(=O)(=O)C3C2.CCC1(OC(=O)C(C)(C)CC)CCCCC1. The second kappa shape index (κ2) is 23.7. The zero-order chi connectivity index (χ0) is 58.5. The standard InChI is InChI=1S/C19H32O2.C16H26O3.C15H22O7S.C14H26O2/c1-6-18(4,5)17(20)21-19(12(2)3)15-8-13-7-14(10-15)11-16(19)9-13;1-4-14(2,3)13(17)19-16-8-11-5-12(9-16)7-15(18,6-11)10-16;1-4-15(2,3)14(17)20-7-11(16)21-12-8-5-9-10(6-8)23(18,19)22-13(9)12;1-5-13(3,4)12(15)16-14(6-2)10-8-7-9-11-14/h12-16H,6-11H2,1-5H3;11-12,18H,4-10H2,1-3H3;8-10,12-13H,4-7H2,1-3H3;5-11H2,1-4H3. The Morgan fingerprint density at radius 2 is 1.06 bits per heavy atom. The number of carbonyl (C=O) groups excluding carboxylic acids is 5. The molecule has 1 aliphatic heterocycles. The lowest BCUT2D eigenvalue weighted by molar-refractivity contribution is -0.231. The summed E-state index contributed by atoms with van der Waals surface area (Å²) in [5.41, 5.74) is -2.98. The van der Waals surface area contributed by atoms with Crippen LogP contribution in [-0.4, -0.2) is 89.8 Å². The first kappa shape index (κ1) is 63.8. The van der Waals surface area contributed by atoms with E-state index in [9.17, 15) is 37.5 Å². The zero-order valence-corrected chi connectivity index (χ0v) is 52.4. The predicted molar refractivity (Wildman–Crippen MR) is 302 cm³/mol. The highest BCUT2D eigenvalue weighted by molar-refractivity contribution is 7.87. The van der Waals surface area contributed by atoms with Gasteiger partial charge in [0.15, 0.2) is 6.61 Å². The van der Waals surface area contributed by atoms with Crippen molar-refractivity contribution in [2.45, 2.75) is 291 Å². The summed E-state index contributed by atoms with van der Waals surface area (Å²) in [5.74, 6) is 3.37. The first-order valence-corrected chi connectivity index (χ1v) is 32.8. The summed E-state index contributed by atoms with van der Waals surface area (Å²) in [6.45, 7) is 29.6. The van der Waals surface area contributed by atoms with Gasteiger partial charge < -0.3 is 28.8 Å². The lowest BCUT2D eigenvalue weighted by atomic mass is 9.47. The average molecular weight is 1130 g/mol. The van der Waals surface area contributed by atoms with Crippen LogP contribution in [0.4, 0.5) is 0 Å². The second-order valence-corrected chi connectivity index (χ2v) is 31.7. The van der Waals surface area contributed by atoms with Gasteiger partial charge in [0, 0.05) is 18.3 Å². The minimum Gasteiger partial charge on any atom is -0.459 e. The maximum Gasteiger partial charge on any atom is 0.344 e. The van der Waals surface area contributed by atoms with Crippen LogP contribution in [0.3, 0.4) is 0 Å². The van der Waals surface area contributed by atoms with Gasteiger partial charge in [-0.2, -0.15) is 8.42 Å². The number of carbonyl (C=O) groups is 5. The number of fused-ring (bicyclic) bond motifs is 1. The van der Waals surface area contributed by atoms with Gasteiger partial charge in [0.2, 0.25) is 0 Å². The fourth-order valence-corrected chi connectivity index (χ4v) is 18.1. The smallest absolute Gasteiger partial charge is 0.344 e. The van der Waals surface area contributed by atoms with E-state index in [1.165, 1.54) is 57.8 Å². The van der Waals surface area contributed by atoms with Crippen molar-refractivity contribution >= 4 is 40.0 Å². The highest BCUT2D eigenvalue weighted by atomic mass is 32.2. The van der Waals surface area contributed by atoms with Gasteiger partial charge in [-0.25, -0.2) is 4.79 Å². The van der Waals surface area contributed by atoms with Crippen molar-refractivity contribution in [2.75, 3.05) is 6.61 Å². The van der Waals surface area contributed by atoms with Gasteiger partial charge in [-0.15, -0.1) is 0 Å². The third-order valence-electron chi connectivity index (χ3n) is 22.3. The fourth-order valence-electron chi connectivity index (χ4n) is 16.2. The number of aliphatic hydroxyl groups is 1. The third-order valence-corrected chi connectivity index (χ3v) is 24.1. The molecule has 0 spiro atoms. The molecule has 0 radical (unpaired) electrons. The van der Waals surface area contributed by atoms with E-state index in [2.05, 4.69) is 27.7 Å². The molecular weight excluding hydrogens is 1020 g/mol. The third kappa shape index (κ3) is 13.4. The van der Waals surface area contributed by atoms with E-state index < -0.39 is 62.6 Å². The molecule has 11 saturated carbocycles. The molecule has 0 amide bonds. The molecule has 14 nitrogen and oxygen atoms in total. The van der Waals surface area contributed by atoms with E-state index in [1.54, 1.807) is 13.8 Å². The maximum atomic E-state index is 12.8. The van der Waals surface area contributed by atoms with Crippen LogP contribution in [0.15, 0.2) is 0 Å². The Morgan fingerprint density at radius 1 is 0.595 bits per heavy atom. The van der Waals surface area contributed by atoms with Crippen LogP contribution in [0.5, 0.6) is 0 Å². The van der Waals surface area contributed by atoms with Crippen LogP contribution in [0.1, 0.15) is 252 Å². The molecule has 452 valence electrons. The maximum absolute atomic E-state index is 12.8. The van der Waals surface area contributed by atoms with Crippen LogP contribution in [0, 0.1) is 74.9 Å². The Bertz CT molecular complexity index is 2260. The molecule has 15 heteroatoms. The molecule has 10 bridgehead atoms. The largest absolute Gasteiger partial charge is 0.459 e. The number of ether oxygens (including phenoxy) is 5. The Labute approximate surface area is 476 Å². The molecule has 7 unspecified atom stereocenters. The Kier molecular flexibility index (Phi) is 19.1. The van der Waals surface area contributed by atoms with Crippen molar-refractivity contribution in [2.24, 2.45) is 74.9 Å². The van der Waals surface area contributed by atoms with E-state index in [1.807, 2.05) is 62.3 Å². The topological polar surface area (TPSA) is 195 Å². The van der Waals surface area contributed by atoms with Crippen LogP contribution in [0.25, 0.3) is 0 Å². The molecule has 11 aliphatic carbocycles. The Balaban J connectivity index is 0.000000154. The molecule has 0 aromatic carbocycles. The van der Waals surface area contributed by atoms with Gasteiger partial charge in [0.1, 0.15) is 29.0 Å². The van der Waals surface area contributed by atoms with Gasteiger partial charge in [0.05, 0.1) is 32.5 Å². The number of esters is 5. The van der Waals surface area contributed by atoms with Crippen molar-refractivity contribution in [3.63, 3.8) is 0 Å². The van der Waals surface area contributed by atoms with Crippen molar-refractivity contribution < 1.29 is 65.4 Å². The van der Waals surface area contributed by atoms with Gasteiger partial charge in [0.25, 0.3) is 10.1 Å². The molecule has 1 heterocycles. The normalized spacial score (nSPS) is 36.6. The van der Waals surface area contributed by atoms with Gasteiger partial charge in [-0.05, 0) is 232 Å². The number of hydrogen-bond acceptors (Lipinski definition) is 14. The monoisotopic (exact) mass is 1130 g/mol. The van der Waals surface area contributed by atoms with Crippen molar-refractivity contribution in [3.05, 3.63) is 0 Å². The van der Waals surface area contributed by atoms with E-state index in [4.69, 9.17) is 27.9 Å². The molecular formula is C64H106O14S. The number of rotatable bonds is 16. The molecule has 12 fully saturated rings. The summed E-state index contributed by atoms with van der Waals surface area (Å²) in [6.07, 6.45) is 22.2. The first-order valence-electron chi connectivity index (χ1n) is 31.4. The summed E-state index contributed by atoms with van der Waals surface area (Å²) >= 11 is 0. The zero-order valence-electron chi connectivity index (χ0n) is 51.6. The minimum atomic E-state index is -3.53. The molecule has 7 atom stereocenters. The van der Waals surface area contributed by atoms with E-state index >= 15 is 0 Å². The minimum absolute atomic E-state index is 0.0130. The van der Waals surface area contributed by atoms with Crippen LogP contribution in [-0.2, 0) is 62.0 Å². The highest BCUT2D eigenvalue weighted by Crippen LogP contribution is 2.63. The molecule has 12 aliphatic rings. The average Bonchev–Trinajstić information content (AvgIpc) is 4.26. The van der Waals surface area contributed by atoms with Crippen molar-refractivity contribution in [1.29, 1.82) is 0 Å². The summed E-state index contributed by atoms with van der Waals surface area (Å²) in [7, 11) is -3.53. The molecule has 12 rings (SSSR count). The molecule has 79 heavy (non-hydrogen) atoms. The van der Waals surface area contributed by atoms with Gasteiger partial charge in [-0.1, -0.05) is 54.9 Å². The van der Waals surface area contributed by atoms with Crippen molar-refractivity contribution in [3.8, 4) is 0 Å². The van der Waals surface area contributed by atoms with E-state index in [-0.39, 0.29) is 57.4 Å². The Hall–Kier alpha value is -2.78.